The summed E-state index contributed by atoms with van der Waals surface area (Å²) in [7, 11) is 0. The van der Waals surface area contributed by atoms with Crippen molar-refractivity contribution in [1.82, 2.24) is 15.1 Å². The average Bonchev–Trinajstić information content (AvgIpc) is 2.59. The van der Waals surface area contributed by atoms with Crippen LogP contribution >= 0.6 is 15.9 Å². The highest BCUT2D eigenvalue weighted by atomic mass is 79.9. The molecule has 0 saturated carbocycles. The highest BCUT2D eigenvalue weighted by Gasteiger charge is 2.15. The van der Waals surface area contributed by atoms with Crippen LogP contribution in [0, 0.1) is 0 Å². The van der Waals surface area contributed by atoms with E-state index in [1.807, 2.05) is 27.0 Å². The average molecular weight is 274 g/mol. The lowest BCUT2D eigenvalue weighted by Gasteiger charge is -2.09. The van der Waals surface area contributed by atoms with Gasteiger partial charge >= 0.3 is 0 Å². The van der Waals surface area contributed by atoms with Crippen LogP contribution in [0.1, 0.15) is 37.7 Å². The quantitative estimate of drug-likeness (QED) is 0.914. The van der Waals surface area contributed by atoms with Gasteiger partial charge in [0.05, 0.1) is 4.47 Å². The first-order valence-electron chi connectivity index (χ1n) is 5.12. The molecular formula is C10H16BrN3O. The zero-order chi connectivity index (χ0) is 11.4. The van der Waals surface area contributed by atoms with Gasteiger partial charge in [0.2, 0.25) is 0 Å². The maximum absolute atomic E-state index is 11.7. The summed E-state index contributed by atoms with van der Waals surface area (Å²) in [6.45, 7) is 6.75. The highest BCUT2D eigenvalue weighted by Crippen LogP contribution is 2.14. The Hall–Kier alpha value is -0.840. The SMILES string of the molecule is CCC(C)NC(=O)c1nn(CC)cc1Br. The van der Waals surface area contributed by atoms with Crippen molar-refractivity contribution in [2.75, 3.05) is 0 Å². The van der Waals surface area contributed by atoms with E-state index in [4.69, 9.17) is 0 Å². The normalized spacial score (nSPS) is 12.5. The minimum Gasteiger partial charge on any atom is -0.348 e. The molecule has 1 unspecified atom stereocenters. The number of carbonyl (C=O) groups is 1. The Morgan fingerprint density at radius 1 is 1.67 bits per heavy atom. The summed E-state index contributed by atoms with van der Waals surface area (Å²) in [4.78, 5) is 11.7. The van der Waals surface area contributed by atoms with Crippen LogP contribution in [0.4, 0.5) is 0 Å². The molecule has 5 heteroatoms. The zero-order valence-electron chi connectivity index (χ0n) is 9.25. The largest absolute Gasteiger partial charge is 0.348 e. The topological polar surface area (TPSA) is 46.9 Å². The molecule has 0 fully saturated rings. The minimum absolute atomic E-state index is 0.122. The Labute approximate surface area is 98.2 Å². The minimum atomic E-state index is -0.122. The van der Waals surface area contributed by atoms with Gasteiger partial charge in [0, 0.05) is 18.8 Å². The Kier molecular flexibility index (Phi) is 4.32. The van der Waals surface area contributed by atoms with Gasteiger partial charge in [-0.1, -0.05) is 6.92 Å². The molecule has 84 valence electrons. The summed E-state index contributed by atoms with van der Waals surface area (Å²) in [5.74, 6) is -0.122. The van der Waals surface area contributed by atoms with Crippen molar-refractivity contribution in [3.05, 3.63) is 16.4 Å². The van der Waals surface area contributed by atoms with Crippen molar-refractivity contribution in [2.24, 2.45) is 0 Å². The van der Waals surface area contributed by atoms with Crippen LogP contribution < -0.4 is 5.32 Å². The van der Waals surface area contributed by atoms with Gasteiger partial charge in [-0.3, -0.25) is 9.48 Å². The fourth-order valence-corrected chi connectivity index (χ4v) is 1.60. The molecule has 1 heterocycles. The molecule has 1 amide bonds. The number of nitrogens with zero attached hydrogens (tertiary/aromatic N) is 2. The van der Waals surface area contributed by atoms with Crippen molar-refractivity contribution in [3.8, 4) is 0 Å². The zero-order valence-corrected chi connectivity index (χ0v) is 10.8. The standard InChI is InChI=1S/C10H16BrN3O/c1-4-7(3)12-10(15)9-8(11)6-14(5-2)13-9/h6-7H,4-5H2,1-3H3,(H,12,15). The van der Waals surface area contributed by atoms with E-state index in [0.717, 1.165) is 17.4 Å². The molecule has 1 rings (SSSR count). The van der Waals surface area contributed by atoms with Crippen LogP contribution in [0.15, 0.2) is 10.7 Å². The number of amides is 1. The monoisotopic (exact) mass is 273 g/mol. The van der Waals surface area contributed by atoms with Gasteiger partial charge in [-0.15, -0.1) is 0 Å². The Morgan fingerprint density at radius 2 is 2.33 bits per heavy atom. The molecule has 0 spiro atoms. The summed E-state index contributed by atoms with van der Waals surface area (Å²) in [5, 5.41) is 7.05. The van der Waals surface area contributed by atoms with Gasteiger partial charge in [0.25, 0.3) is 5.91 Å². The molecule has 1 N–H and O–H groups in total. The molecule has 4 nitrogen and oxygen atoms in total. The van der Waals surface area contributed by atoms with E-state index in [-0.39, 0.29) is 11.9 Å². The lowest BCUT2D eigenvalue weighted by Crippen LogP contribution is -2.32. The van der Waals surface area contributed by atoms with Gasteiger partial charge in [-0.25, -0.2) is 0 Å². The van der Waals surface area contributed by atoms with Crippen molar-refractivity contribution >= 4 is 21.8 Å². The first-order chi connectivity index (χ1) is 7.08. The second-order valence-corrected chi connectivity index (χ2v) is 4.32. The third kappa shape index (κ3) is 3.06. The van der Waals surface area contributed by atoms with Crippen LogP contribution in [0.5, 0.6) is 0 Å². The van der Waals surface area contributed by atoms with E-state index in [1.54, 1.807) is 4.68 Å². The molecule has 1 aromatic rings. The fourth-order valence-electron chi connectivity index (χ4n) is 1.11. The molecule has 0 aliphatic heterocycles. The van der Waals surface area contributed by atoms with Gasteiger partial charge in [0.1, 0.15) is 0 Å². The van der Waals surface area contributed by atoms with Crippen molar-refractivity contribution < 1.29 is 4.79 Å². The Morgan fingerprint density at radius 3 is 2.80 bits per heavy atom. The second-order valence-electron chi connectivity index (χ2n) is 3.46. The highest BCUT2D eigenvalue weighted by molar-refractivity contribution is 9.10. The summed E-state index contributed by atoms with van der Waals surface area (Å²) >= 11 is 3.33. The van der Waals surface area contributed by atoms with Crippen LogP contribution in [0.25, 0.3) is 0 Å². The van der Waals surface area contributed by atoms with Crippen LogP contribution in [-0.2, 0) is 6.54 Å². The molecule has 0 saturated heterocycles. The maximum Gasteiger partial charge on any atom is 0.273 e. The number of halogens is 1. The molecule has 0 aromatic carbocycles. The third-order valence-electron chi connectivity index (χ3n) is 2.25. The van der Waals surface area contributed by atoms with Crippen LogP contribution in [0.2, 0.25) is 0 Å². The smallest absolute Gasteiger partial charge is 0.273 e. The predicted octanol–water partition coefficient (Wildman–Crippen LogP) is 2.19. The number of rotatable bonds is 4. The van der Waals surface area contributed by atoms with E-state index in [2.05, 4.69) is 26.3 Å². The lowest BCUT2D eigenvalue weighted by atomic mass is 10.2. The number of carbonyl (C=O) groups excluding carboxylic acids is 1. The second kappa shape index (κ2) is 5.30. The van der Waals surface area contributed by atoms with Gasteiger partial charge in [0.15, 0.2) is 5.69 Å². The molecule has 0 aliphatic carbocycles. The number of hydrogen-bond donors (Lipinski definition) is 1. The van der Waals surface area contributed by atoms with Crippen LogP contribution in [-0.4, -0.2) is 21.7 Å². The summed E-state index contributed by atoms with van der Waals surface area (Å²) in [6.07, 6.45) is 2.73. The summed E-state index contributed by atoms with van der Waals surface area (Å²) in [5.41, 5.74) is 0.456. The summed E-state index contributed by atoms with van der Waals surface area (Å²) in [6, 6.07) is 0.177. The molecule has 1 aromatic heterocycles. The van der Waals surface area contributed by atoms with E-state index in [0.29, 0.717) is 5.69 Å². The number of aryl methyl sites for hydroxylation is 1. The molecule has 0 bridgehead atoms. The van der Waals surface area contributed by atoms with Gasteiger partial charge in [-0.2, -0.15) is 5.10 Å². The fraction of sp³-hybridized carbons (Fsp3) is 0.600. The van der Waals surface area contributed by atoms with E-state index < -0.39 is 0 Å². The lowest BCUT2D eigenvalue weighted by molar-refractivity contribution is 0.0932. The first kappa shape index (κ1) is 12.2. The molecular weight excluding hydrogens is 258 g/mol. The van der Waals surface area contributed by atoms with Gasteiger partial charge in [-0.05, 0) is 36.2 Å². The van der Waals surface area contributed by atoms with Crippen molar-refractivity contribution in [3.63, 3.8) is 0 Å². The van der Waals surface area contributed by atoms with E-state index in [1.165, 1.54) is 0 Å². The number of hydrogen-bond acceptors (Lipinski definition) is 2. The first-order valence-corrected chi connectivity index (χ1v) is 5.91. The molecule has 15 heavy (non-hydrogen) atoms. The van der Waals surface area contributed by atoms with Gasteiger partial charge < -0.3 is 5.32 Å². The van der Waals surface area contributed by atoms with Crippen LogP contribution in [0.3, 0.4) is 0 Å². The van der Waals surface area contributed by atoms with Crippen molar-refractivity contribution in [1.29, 1.82) is 0 Å². The third-order valence-corrected chi connectivity index (χ3v) is 2.83. The van der Waals surface area contributed by atoms with Crippen molar-refractivity contribution in [2.45, 2.75) is 39.8 Å². The summed E-state index contributed by atoms with van der Waals surface area (Å²) < 4.78 is 2.47. The molecule has 1 atom stereocenters. The number of aromatic nitrogens is 2. The Bertz CT molecular complexity index is 348. The number of nitrogens with one attached hydrogen (secondary N) is 1. The Balaban J connectivity index is 2.77. The van der Waals surface area contributed by atoms with E-state index >= 15 is 0 Å². The molecule has 0 radical (unpaired) electrons. The van der Waals surface area contributed by atoms with E-state index in [9.17, 15) is 4.79 Å². The maximum atomic E-state index is 11.7. The predicted molar refractivity (Wildman–Crippen MR) is 62.8 cm³/mol. The molecule has 0 aliphatic rings.